The summed E-state index contributed by atoms with van der Waals surface area (Å²) >= 11 is 12.5. The molecule has 0 radical (unpaired) electrons. The zero-order valence-electron chi connectivity index (χ0n) is 12.7. The van der Waals surface area contributed by atoms with Crippen molar-refractivity contribution in [3.8, 4) is 0 Å². The Morgan fingerprint density at radius 1 is 1.25 bits per heavy atom. The smallest absolute Gasteiger partial charge is 0.0640 e. The topological polar surface area (TPSA) is 32.5 Å². The first kappa shape index (κ1) is 17.7. The first-order chi connectivity index (χ1) is 9.42. The second-order valence-electron chi connectivity index (χ2n) is 5.34. The molecule has 1 aromatic carbocycles. The van der Waals surface area contributed by atoms with Gasteiger partial charge < -0.3 is 10.6 Å². The SMILES string of the molecule is CCN(C(C)CN(C)C)C(CN)c1cccc(Cl)c1Cl. The van der Waals surface area contributed by atoms with Gasteiger partial charge in [0.05, 0.1) is 10.0 Å². The summed E-state index contributed by atoms with van der Waals surface area (Å²) in [5.41, 5.74) is 7.02. The van der Waals surface area contributed by atoms with Crippen molar-refractivity contribution in [1.82, 2.24) is 9.80 Å². The zero-order chi connectivity index (χ0) is 15.3. The normalized spacial score (nSPS) is 14.8. The average molecular weight is 318 g/mol. The van der Waals surface area contributed by atoms with Crippen LogP contribution in [0.5, 0.6) is 0 Å². The molecule has 0 heterocycles. The number of rotatable bonds is 7. The molecule has 0 aliphatic carbocycles. The van der Waals surface area contributed by atoms with Gasteiger partial charge >= 0.3 is 0 Å². The maximum Gasteiger partial charge on any atom is 0.0640 e. The molecule has 0 saturated carbocycles. The van der Waals surface area contributed by atoms with Crippen LogP contribution in [0.4, 0.5) is 0 Å². The Balaban J connectivity index is 3.05. The Bertz CT molecular complexity index is 424. The number of likely N-dealkylation sites (N-methyl/N-ethyl adjacent to an activating group) is 2. The largest absolute Gasteiger partial charge is 0.329 e. The summed E-state index contributed by atoms with van der Waals surface area (Å²) in [7, 11) is 4.16. The van der Waals surface area contributed by atoms with Gasteiger partial charge in [-0.25, -0.2) is 0 Å². The van der Waals surface area contributed by atoms with E-state index in [0.29, 0.717) is 22.6 Å². The highest BCUT2D eigenvalue weighted by Crippen LogP contribution is 2.33. The minimum atomic E-state index is 0.0844. The Kier molecular flexibility index (Phi) is 7.27. The van der Waals surface area contributed by atoms with Crippen molar-refractivity contribution in [3.05, 3.63) is 33.8 Å². The summed E-state index contributed by atoms with van der Waals surface area (Å²) in [5, 5.41) is 1.19. The molecule has 0 fully saturated rings. The van der Waals surface area contributed by atoms with Crippen LogP contribution in [0.25, 0.3) is 0 Å². The van der Waals surface area contributed by atoms with Gasteiger partial charge in [-0.2, -0.15) is 0 Å². The van der Waals surface area contributed by atoms with Crippen LogP contribution in [0.3, 0.4) is 0 Å². The molecule has 0 bridgehead atoms. The number of nitrogens with two attached hydrogens (primary N) is 1. The Morgan fingerprint density at radius 3 is 2.40 bits per heavy atom. The summed E-state index contributed by atoms with van der Waals surface area (Å²) < 4.78 is 0. The first-order valence-electron chi connectivity index (χ1n) is 6.96. The molecule has 0 aliphatic heterocycles. The third-order valence-electron chi connectivity index (χ3n) is 3.52. The molecule has 2 N–H and O–H groups in total. The third-order valence-corrected chi connectivity index (χ3v) is 4.36. The van der Waals surface area contributed by atoms with Gasteiger partial charge in [-0.05, 0) is 39.2 Å². The van der Waals surface area contributed by atoms with E-state index in [2.05, 4.69) is 37.7 Å². The van der Waals surface area contributed by atoms with Gasteiger partial charge in [0.1, 0.15) is 0 Å². The summed E-state index contributed by atoms with van der Waals surface area (Å²) in [4.78, 5) is 4.55. The van der Waals surface area contributed by atoms with E-state index in [4.69, 9.17) is 28.9 Å². The number of halogens is 2. The molecule has 0 saturated heterocycles. The van der Waals surface area contributed by atoms with Gasteiger partial charge in [0.15, 0.2) is 0 Å². The molecule has 2 atom stereocenters. The lowest BCUT2D eigenvalue weighted by Crippen LogP contribution is -2.44. The highest BCUT2D eigenvalue weighted by Gasteiger charge is 2.25. The van der Waals surface area contributed by atoms with E-state index in [1.165, 1.54) is 0 Å². The number of benzene rings is 1. The predicted octanol–water partition coefficient (Wildman–Crippen LogP) is 3.27. The van der Waals surface area contributed by atoms with Crippen LogP contribution < -0.4 is 5.73 Å². The van der Waals surface area contributed by atoms with E-state index < -0.39 is 0 Å². The Labute approximate surface area is 132 Å². The molecule has 5 heteroatoms. The zero-order valence-corrected chi connectivity index (χ0v) is 14.2. The summed E-state index contributed by atoms with van der Waals surface area (Å²) in [6.07, 6.45) is 0. The van der Waals surface area contributed by atoms with Crippen molar-refractivity contribution in [2.75, 3.05) is 33.7 Å². The van der Waals surface area contributed by atoms with Gasteiger partial charge in [0.25, 0.3) is 0 Å². The van der Waals surface area contributed by atoms with Gasteiger partial charge in [-0.1, -0.05) is 42.3 Å². The molecule has 3 nitrogen and oxygen atoms in total. The van der Waals surface area contributed by atoms with E-state index in [1.54, 1.807) is 6.07 Å². The highest BCUT2D eigenvalue weighted by atomic mass is 35.5. The van der Waals surface area contributed by atoms with E-state index in [1.807, 2.05) is 12.1 Å². The second-order valence-corrected chi connectivity index (χ2v) is 6.12. The minimum Gasteiger partial charge on any atom is -0.329 e. The molecular weight excluding hydrogens is 293 g/mol. The van der Waals surface area contributed by atoms with Crippen molar-refractivity contribution in [1.29, 1.82) is 0 Å². The summed E-state index contributed by atoms with van der Waals surface area (Å²) in [6.45, 7) is 6.77. The molecule has 114 valence electrons. The lowest BCUT2D eigenvalue weighted by Gasteiger charge is -2.37. The van der Waals surface area contributed by atoms with Crippen LogP contribution in [-0.4, -0.2) is 49.6 Å². The van der Waals surface area contributed by atoms with Crippen molar-refractivity contribution < 1.29 is 0 Å². The maximum atomic E-state index is 6.35. The number of hydrogen-bond donors (Lipinski definition) is 1. The first-order valence-corrected chi connectivity index (χ1v) is 7.72. The predicted molar refractivity (Wildman–Crippen MR) is 88.7 cm³/mol. The van der Waals surface area contributed by atoms with Crippen molar-refractivity contribution >= 4 is 23.2 Å². The van der Waals surface area contributed by atoms with Crippen molar-refractivity contribution in [3.63, 3.8) is 0 Å². The third kappa shape index (κ3) is 4.34. The van der Waals surface area contributed by atoms with E-state index in [0.717, 1.165) is 18.7 Å². The minimum absolute atomic E-state index is 0.0844. The van der Waals surface area contributed by atoms with Crippen LogP contribution in [0, 0.1) is 0 Å². The standard InChI is InChI=1S/C15H25Cl2N3/c1-5-20(11(2)10-19(3)4)14(9-18)12-7-6-8-13(16)15(12)17/h6-8,11,14H,5,9-10,18H2,1-4H3. The lowest BCUT2D eigenvalue weighted by molar-refractivity contribution is 0.131. The Morgan fingerprint density at radius 2 is 1.90 bits per heavy atom. The average Bonchev–Trinajstić information content (AvgIpc) is 2.38. The van der Waals surface area contributed by atoms with Gasteiger partial charge in [0.2, 0.25) is 0 Å². The van der Waals surface area contributed by atoms with Crippen LogP contribution in [0.1, 0.15) is 25.5 Å². The summed E-state index contributed by atoms with van der Waals surface area (Å²) in [5.74, 6) is 0. The van der Waals surface area contributed by atoms with Crippen molar-refractivity contribution in [2.24, 2.45) is 5.73 Å². The fourth-order valence-corrected chi connectivity index (χ4v) is 3.13. The van der Waals surface area contributed by atoms with Crippen LogP contribution >= 0.6 is 23.2 Å². The lowest BCUT2D eigenvalue weighted by atomic mass is 10.0. The molecule has 1 rings (SSSR count). The molecule has 0 aromatic heterocycles. The van der Waals surface area contributed by atoms with Gasteiger partial charge in [0, 0.05) is 25.2 Å². The quantitative estimate of drug-likeness (QED) is 0.837. The second kappa shape index (κ2) is 8.20. The van der Waals surface area contributed by atoms with Gasteiger partial charge in [-0.3, -0.25) is 4.90 Å². The monoisotopic (exact) mass is 317 g/mol. The molecule has 20 heavy (non-hydrogen) atoms. The molecule has 1 aromatic rings. The van der Waals surface area contributed by atoms with E-state index in [9.17, 15) is 0 Å². The molecular formula is C15H25Cl2N3. The number of nitrogens with zero attached hydrogens (tertiary/aromatic N) is 2. The fraction of sp³-hybridized carbons (Fsp3) is 0.600. The van der Waals surface area contributed by atoms with Crippen LogP contribution in [-0.2, 0) is 0 Å². The van der Waals surface area contributed by atoms with E-state index >= 15 is 0 Å². The maximum absolute atomic E-state index is 6.35. The van der Waals surface area contributed by atoms with Crippen LogP contribution in [0.15, 0.2) is 18.2 Å². The van der Waals surface area contributed by atoms with Crippen molar-refractivity contribution in [2.45, 2.75) is 25.9 Å². The molecule has 2 unspecified atom stereocenters. The summed E-state index contributed by atoms with van der Waals surface area (Å²) in [6, 6.07) is 6.22. The Hall–Kier alpha value is -0.320. The molecule has 0 aliphatic rings. The molecule has 0 spiro atoms. The number of hydrogen-bond acceptors (Lipinski definition) is 3. The van der Waals surface area contributed by atoms with E-state index in [-0.39, 0.29) is 6.04 Å². The van der Waals surface area contributed by atoms with Gasteiger partial charge in [-0.15, -0.1) is 0 Å². The van der Waals surface area contributed by atoms with Crippen LogP contribution in [0.2, 0.25) is 10.0 Å². The highest BCUT2D eigenvalue weighted by molar-refractivity contribution is 6.42. The molecule has 0 amide bonds. The fourth-order valence-electron chi connectivity index (χ4n) is 2.69.